The molecule has 1 amide bonds. The highest BCUT2D eigenvalue weighted by Crippen LogP contribution is 2.24. The standard InChI is InChI=1S/C14H29N5O3S/c1-11(2)19-12(20)9-18(10-14(19,3)4)13(15-5)16-7-8-17-23(6,21)22/h11,17H,7-10H2,1-6H3,(H,15,16). The highest BCUT2D eigenvalue weighted by Gasteiger charge is 2.40. The molecule has 1 aliphatic rings. The lowest BCUT2D eigenvalue weighted by Crippen LogP contribution is -2.66. The van der Waals surface area contributed by atoms with Gasteiger partial charge in [0, 0.05) is 32.7 Å². The Balaban J connectivity index is 2.68. The zero-order chi connectivity index (χ0) is 17.8. The summed E-state index contributed by atoms with van der Waals surface area (Å²) in [5, 5.41) is 3.09. The van der Waals surface area contributed by atoms with E-state index in [0.29, 0.717) is 19.0 Å². The number of carbonyl (C=O) groups is 1. The maximum atomic E-state index is 12.5. The molecule has 1 heterocycles. The van der Waals surface area contributed by atoms with E-state index < -0.39 is 10.0 Å². The fraction of sp³-hybridized carbons (Fsp3) is 0.857. The van der Waals surface area contributed by atoms with Crippen molar-refractivity contribution in [1.29, 1.82) is 0 Å². The molecule has 1 rings (SSSR count). The molecule has 23 heavy (non-hydrogen) atoms. The number of amides is 1. The predicted octanol–water partition coefficient (Wildman–Crippen LogP) is -0.558. The third-order valence-electron chi connectivity index (χ3n) is 3.62. The molecule has 0 unspecified atom stereocenters. The van der Waals surface area contributed by atoms with Crippen molar-refractivity contribution >= 4 is 21.9 Å². The van der Waals surface area contributed by atoms with Gasteiger partial charge in [-0.15, -0.1) is 0 Å². The molecule has 0 aliphatic carbocycles. The second kappa shape index (κ2) is 7.48. The number of hydrogen-bond acceptors (Lipinski definition) is 4. The molecular weight excluding hydrogens is 318 g/mol. The summed E-state index contributed by atoms with van der Waals surface area (Å²) in [4.78, 5) is 20.5. The van der Waals surface area contributed by atoms with Crippen LogP contribution in [0.2, 0.25) is 0 Å². The SMILES string of the molecule is CN=C(NCCNS(C)(=O)=O)N1CC(=O)N(C(C)C)C(C)(C)C1. The van der Waals surface area contributed by atoms with Crippen LogP contribution < -0.4 is 10.0 Å². The number of hydrogen-bond donors (Lipinski definition) is 2. The zero-order valence-electron chi connectivity index (χ0n) is 14.9. The van der Waals surface area contributed by atoms with Crippen LogP contribution in [-0.4, -0.2) is 81.1 Å². The van der Waals surface area contributed by atoms with Gasteiger partial charge in [0.25, 0.3) is 0 Å². The van der Waals surface area contributed by atoms with Crippen molar-refractivity contribution in [3.63, 3.8) is 0 Å². The van der Waals surface area contributed by atoms with Crippen molar-refractivity contribution in [2.24, 2.45) is 4.99 Å². The number of rotatable bonds is 5. The number of sulfonamides is 1. The van der Waals surface area contributed by atoms with Gasteiger partial charge in [0.1, 0.15) is 0 Å². The first-order valence-corrected chi connectivity index (χ1v) is 9.59. The fourth-order valence-electron chi connectivity index (χ4n) is 3.06. The summed E-state index contributed by atoms with van der Waals surface area (Å²) in [7, 11) is -1.55. The molecule has 0 radical (unpaired) electrons. The second-order valence-corrected chi connectivity index (χ2v) is 8.50. The molecule has 1 saturated heterocycles. The predicted molar refractivity (Wildman–Crippen MR) is 91.8 cm³/mol. The molecule has 0 aromatic carbocycles. The Bertz CT molecular complexity index is 557. The highest BCUT2D eigenvalue weighted by molar-refractivity contribution is 7.88. The van der Waals surface area contributed by atoms with Crippen LogP contribution in [0.4, 0.5) is 0 Å². The number of piperazine rings is 1. The first-order valence-electron chi connectivity index (χ1n) is 7.70. The Labute approximate surface area is 139 Å². The minimum Gasteiger partial charge on any atom is -0.355 e. The van der Waals surface area contributed by atoms with Crippen LogP contribution in [0.25, 0.3) is 0 Å². The van der Waals surface area contributed by atoms with E-state index >= 15 is 0 Å². The van der Waals surface area contributed by atoms with Gasteiger partial charge in [0.2, 0.25) is 15.9 Å². The molecule has 2 N–H and O–H groups in total. The maximum absolute atomic E-state index is 12.5. The van der Waals surface area contributed by atoms with Gasteiger partial charge < -0.3 is 15.1 Å². The summed E-state index contributed by atoms with van der Waals surface area (Å²) in [5.74, 6) is 0.665. The number of carbonyl (C=O) groups excluding carboxylic acids is 1. The van der Waals surface area contributed by atoms with Gasteiger partial charge in [-0.25, -0.2) is 13.1 Å². The smallest absolute Gasteiger partial charge is 0.242 e. The van der Waals surface area contributed by atoms with Crippen molar-refractivity contribution in [3.8, 4) is 0 Å². The Morgan fingerprint density at radius 3 is 2.39 bits per heavy atom. The summed E-state index contributed by atoms with van der Waals surface area (Å²) in [5.41, 5.74) is -0.299. The first-order chi connectivity index (χ1) is 10.5. The van der Waals surface area contributed by atoms with Crippen molar-refractivity contribution in [2.45, 2.75) is 39.3 Å². The van der Waals surface area contributed by atoms with E-state index in [1.54, 1.807) is 7.05 Å². The van der Waals surface area contributed by atoms with Crippen LogP contribution in [0.15, 0.2) is 4.99 Å². The number of guanidine groups is 1. The van der Waals surface area contributed by atoms with E-state index in [9.17, 15) is 13.2 Å². The summed E-state index contributed by atoms with van der Waals surface area (Å²) < 4.78 is 24.5. The lowest BCUT2D eigenvalue weighted by molar-refractivity contribution is -0.145. The quantitative estimate of drug-likeness (QED) is 0.395. The molecule has 0 atom stereocenters. The average molecular weight is 347 g/mol. The second-order valence-electron chi connectivity index (χ2n) is 6.67. The normalized spacial score (nSPS) is 19.4. The number of nitrogens with zero attached hydrogens (tertiary/aromatic N) is 3. The van der Waals surface area contributed by atoms with E-state index in [4.69, 9.17) is 0 Å². The molecule has 1 aliphatic heterocycles. The fourth-order valence-corrected chi connectivity index (χ4v) is 3.53. The number of aliphatic imine (C=N–C) groups is 1. The molecular formula is C14H29N5O3S. The van der Waals surface area contributed by atoms with Crippen LogP contribution >= 0.6 is 0 Å². The minimum absolute atomic E-state index is 0.0634. The van der Waals surface area contributed by atoms with Gasteiger partial charge in [-0.3, -0.25) is 9.79 Å². The first kappa shape index (κ1) is 19.7. The van der Waals surface area contributed by atoms with Crippen molar-refractivity contribution in [2.75, 3.05) is 39.5 Å². The van der Waals surface area contributed by atoms with Crippen LogP contribution in [0.3, 0.4) is 0 Å². The van der Waals surface area contributed by atoms with Crippen LogP contribution in [0.5, 0.6) is 0 Å². The summed E-state index contributed by atoms with van der Waals surface area (Å²) in [6, 6.07) is 0.147. The van der Waals surface area contributed by atoms with E-state index in [2.05, 4.69) is 15.0 Å². The highest BCUT2D eigenvalue weighted by atomic mass is 32.2. The zero-order valence-corrected chi connectivity index (χ0v) is 15.7. The molecule has 0 aromatic heterocycles. The Morgan fingerprint density at radius 2 is 1.96 bits per heavy atom. The Morgan fingerprint density at radius 1 is 1.35 bits per heavy atom. The maximum Gasteiger partial charge on any atom is 0.242 e. The van der Waals surface area contributed by atoms with Gasteiger partial charge in [-0.2, -0.15) is 0 Å². The summed E-state index contributed by atoms with van der Waals surface area (Å²) >= 11 is 0. The third-order valence-corrected chi connectivity index (χ3v) is 4.35. The van der Waals surface area contributed by atoms with Gasteiger partial charge >= 0.3 is 0 Å². The Kier molecular flexibility index (Phi) is 6.41. The van der Waals surface area contributed by atoms with E-state index in [-0.39, 0.29) is 30.6 Å². The lowest BCUT2D eigenvalue weighted by atomic mass is 9.96. The molecule has 134 valence electrons. The van der Waals surface area contributed by atoms with E-state index in [1.165, 1.54) is 0 Å². The van der Waals surface area contributed by atoms with Crippen molar-refractivity contribution < 1.29 is 13.2 Å². The van der Waals surface area contributed by atoms with Crippen LogP contribution in [-0.2, 0) is 14.8 Å². The topological polar surface area (TPSA) is 94.1 Å². The monoisotopic (exact) mass is 347 g/mol. The van der Waals surface area contributed by atoms with Crippen molar-refractivity contribution in [3.05, 3.63) is 0 Å². The Hall–Kier alpha value is -1.35. The third kappa shape index (κ3) is 5.65. The minimum atomic E-state index is -3.20. The summed E-state index contributed by atoms with van der Waals surface area (Å²) in [6.07, 6.45) is 1.12. The van der Waals surface area contributed by atoms with Gasteiger partial charge in [-0.05, 0) is 27.7 Å². The lowest BCUT2D eigenvalue weighted by Gasteiger charge is -2.49. The molecule has 0 bridgehead atoms. The number of nitrogens with one attached hydrogen (secondary N) is 2. The van der Waals surface area contributed by atoms with Gasteiger partial charge in [0.05, 0.1) is 18.3 Å². The average Bonchev–Trinajstić information content (AvgIpc) is 2.34. The van der Waals surface area contributed by atoms with Gasteiger partial charge in [-0.1, -0.05) is 0 Å². The van der Waals surface area contributed by atoms with Crippen LogP contribution in [0.1, 0.15) is 27.7 Å². The molecule has 0 spiro atoms. The van der Waals surface area contributed by atoms with Gasteiger partial charge in [0.15, 0.2) is 5.96 Å². The molecule has 1 fully saturated rings. The molecule has 0 aromatic rings. The summed E-state index contributed by atoms with van der Waals surface area (Å²) in [6.45, 7) is 9.69. The van der Waals surface area contributed by atoms with Crippen molar-refractivity contribution in [1.82, 2.24) is 19.8 Å². The van der Waals surface area contributed by atoms with E-state index in [1.807, 2.05) is 37.5 Å². The largest absolute Gasteiger partial charge is 0.355 e. The molecule has 8 nitrogen and oxygen atoms in total. The van der Waals surface area contributed by atoms with E-state index in [0.717, 1.165) is 6.26 Å². The molecule has 0 saturated carbocycles. The molecule has 9 heteroatoms. The van der Waals surface area contributed by atoms with Crippen LogP contribution in [0, 0.1) is 0 Å².